The van der Waals surface area contributed by atoms with Crippen molar-refractivity contribution in [3.63, 3.8) is 0 Å². The van der Waals surface area contributed by atoms with Crippen molar-refractivity contribution in [3.05, 3.63) is 65.2 Å². The Kier molecular flexibility index (Phi) is 6.15. The Labute approximate surface area is 139 Å². The van der Waals surface area contributed by atoms with E-state index in [1.54, 1.807) is 25.1 Å². The Hall–Kier alpha value is -1.44. The molecular weight excluding hydrogens is 340 g/mol. The molecule has 0 unspecified atom stereocenters. The first-order chi connectivity index (χ1) is 10.9. The second-order valence-electron chi connectivity index (χ2n) is 4.95. The number of nitrogens with one attached hydrogen (secondary N) is 1. The van der Waals surface area contributed by atoms with Gasteiger partial charge in [-0.05, 0) is 42.3 Å². The predicted octanol–water partition coefficient (Wildman–Crippen LogP) is 3.48. The first-order valence-electron chi connectivity index (χ1n) is 6.97. The Balaban J connectivity index is 1.85. The highest BCUT2D eigenvalue weighted by molar-refractivity contribution is 7.98. The number of thioether (sulfide) groups is 1. The predicted molar refractivity (Wildman–Crippen MR) is 88.9 cm³/mol. The molecule has 2 rings (SSSR count). The number of hydrogen-bond donors (Lipinski definition) is 1. The highest BCUT2D eigenvalue weighted by atomic mass is 32.2. The van der Waals surface area contributed by atoms with Crippen molar-refractivity contribution in [1.82, 2.24) is 4.72 Å². The van der Waals surface area contributed by atoms with Crippen LogP contribution in [0.15, 0.2) is 47.4 Å². The summed E-state index contributed by atoms with van der Waals surface area (Å²) in [6, 6.07) is 10.0. The Morgan fingerprint density at radius 2 is 1.87 bits per heavy atom. The first kappa shape index (κ1) is 17.9. The Morgan fingerprint density at radius 1 is 1.13 bits per heavy atom. The van der Waals surface area contributed by atoms with Gasteiger partial charge in [0.2, 0.25) is 10.0 Å². The fraction of sp³-hybridized carbons (Fsp3) is 0.250. The van der Waals surface area contributed by atoms with E-state index < -0.39 is 15.8 Å². The molecule has 124 valence electrons. The molecule has 7 heteroatoms. The van der Waals surface area contributed by atoms with Crippen molar-refractivity contribution >= 4 is 21.8 Å². The van der Waals surface area contributed by atoms with Crippen LogP contribution >= 0.6 is 11.8 Å². The summed E-state index contributed by atoms with van der Waals surface area (Å²) in [6.07, 6.45) is 0. The van der Waals surface area contributed by atoms with Gasteiger partial charge in [0.1, 0.15) is 11.6 Å². The quantitative estimate of drug-likeness (QED) is 0.772. The maximum absolute atomic E-state index is 13.4. The van der Waals surface area contributed by atoms with Gasteiger partial charge in [-0.1, -0.05) is 18.2 Å². The van der Waals surface area contributed by atoms with Crippen LogP contribution in [0, 0.1) is 18.6 Å². The average Bonchev–Trinajstić information content (AvgIpc) is 2.48. The highest BCUT2D eigenvalue weighted by Gasteiger charge is 2.16. The molecule has 1 N–H and O–H groups in total. The van der Waals surface area contributed by atoms with Gasteiger partial charge in [-0.2, -0.15) is 11.8 Å². The fourth-order valence-electron chi connectivity index (χ4n) is 2.04. The van der Waals surface area contributed by atoms with Crippen LogP contribution in [0.2, 0.25) is 0 Å². The number of halogens is 2. The zero-order chi connectivity index (χ0) is 16.9. The molecule has 0 heterocycles. The van der Waals surface area contributed by atoms with E-state index in [0.29, 0.717) is 22.6 Å². The summed E-state index contributed by atoms with van der Waals surface area (Å²) in [5.41, 5.74) is 0.950. The molecular formula is C16H17F2NO2S2. The minimum absolute atomic E-state index is 0.0676. The lowest BCUT2D eigenvalue weighted by Crippen LogP contribution is -2.26. The van der Waals surface area contributed by atoms with Gasteiger partial charge in [-0.25, -0.2) is 21.9 Å². The first-order valence-corrected chi connectivity index (χ1v) is 9.61. The molecule has 0 amide bonds. The van der Waals surface area contributed by atoms with Crippen LogP contribution < -0.4 is 4.72 Å². The van der Waals surface area contributed by atoms with E-state index in [0.717, 1.165) is 6.07 Å². The molecule has 3 nitrogen and oxygen atoms in total. The number of benzene rings is 2. The van der Waals surface area contributed by atoms with Crippen molar-refractivity contribution in [2.45, 2.75) is 17.6 Å². The van der Waals surface area contributed by atoms with E-state index in [-0.39, 0.29) is 17.3 Å². The lowest BCUT2D eigenvalue weighted by atomic mass is 10.2. The molecule has 0 bridgehead atoms. The minimum atomic E-state index is -3.67. The second-order valence-corrected chi connectivity index (χ2v) is 7.79. The molecule has 0 saturated heterocycles. The fourth-order valence-corrected chi connectivity index (χ4v) is 4.27. The zero-order valence-corrected chi connectivity index (χ0v) is 14.2. The van der Waals surface area contributed by atoms with Gasteiger partial charge in [0.05, 0.1) is 4.90 Å². The van der Waals surface area contributed by atoms with Crippen LogP contribution in [0.25, 0.3) is 0 Å². The Bertz CT molecular complexity index is 779. The summed E-state index contributed by atoms with van der Waals surface area (Å²) in [5, 5.41) is 0. The van der Waals surface area contributed by atoms with Crippen LogP contribution in [0.1, 0.15) is 11.1 Å². The summed E-state index contributed by atoms with van der Waals surface area (Å²) >= 11 is 1.44. The summed E-state index contributed by atoms with van der Waals surface area (Å²) in [7, 11) is -3.67. The maximum Gasteiger partial charge on any atom is 0.240 e. The molecule has 0 atom stereocenters. The minimum Gasteiger partial charge on any atom is -0.210 e. The average molecular weight is 357 g/mol. The standard InChI is InChI=1S/C16H17F2NO2S2/c1-12-10-14(17)6-7-16(12)23(20,21)19-8-9-22-11-13-4-2-3-5-15(13)18/h2-7,10,19H,8-9,11H2,1H3. The molecule has 2 aromatic carbocycles. The van der Waals surface area contributed by atoms with Gasteiger partial charge in [0.25, 0.3) is 0 Å². The van der Waals surface area contributed by atoms with E-state index in [2.05, 4.69) is 4.72 Å². The third-order valence-corrected chi connectivity index (χ3v) is 5.81. The van der Waals surface area contributed by atoms with Gasteiger partial charge < -0.3 is 0 Å². The summed E-state index contributed by atoms with van der Waals surface area (Å²) in [6.45, 7) is 1.77. The van der Waals surface area contributed by atoms with Crippen LogP contribution in [0.5, 0.6) is 0 Å². The normalized spacial score (nSPS) is 11.6. The van der Waals surface area contributed by atoms with E-state index in [1.807, 2.05) is 0 Å². The maximum atomic E-state index is 13.4. The highest BCUT2D eigenvalue weighted by Crippen LogP contribution is 2.17. The molecule has 0 radical (unpaired) electrons. The monoisotopic (exact) mass is 357 g/mol. The zero-order valence-electron chi connectivity index (χ0n) is 12.6. The van der Waals surface area contributed by atoms with Crippen molar-refractivity contribution in [2.24, 2.45) is 0 Å². The molecule has 0 saturated carbocycles. The number of rotatable bonds is 7. The van der Waals surface area contributed by atoms with E-state index >= 15 is 0 Å². The molecule has 0 aliphatic carbocycles. The lowest BCUT2D eigenvalue weighted by Gasteiger charge is -2.09. The number of aryl methyl sites for hydroxylation is 1. The number of hydrogen-bond acceptors (Lipinski definition) is 3. The topological polar surface area (TPSA) is 46.2 Å². The third-order valence-electron chi connectivity index (χ3n) is 3.18. The summed E-state index contributed by atoms with van der Waals surface area (Å²) in [5.74, 6) is 0.252. The smallest absolute Gasteiger partial charge is 0.210 e. The molecule has 0 aliphatic heterocycles. The van der Waals surface area contributed by atoms with Crippen molar-refractivity contribution in [3.8, 4) is 0 Å². The summed E-state index contributed by atoms with van der Waals surface area (Å²) in [4.78, 5) is 0.0676. The van der Waals surface area contributed by atoms with Crippen LogP contribution in [0.3, 0.4) is 0 Å². The summed E-state index contributed by atoms with van der Waals surface area (Å²) < 4.78 is 53.2. The molecule has 0 spiro atoms. The molecule has 23 heavy (non-hydrogen) atoms. The van der Waals surface area contributed by atoms with E-state index in [1.165, 1.54) is 30.0 Å². The van der Waals surface area contributed by atoms with Gasteiger partial charge in [0, 0.05) is 18.1 Å². The van der Waals surface area contributed by atoms with Crippen molar-refractivity contribution in [2.75, 3.05) is 12.3 Å². The van der Waals surface area contributed by atoms with Crippen molar-refractivity contribution < 1.29 is 17.2 Å². The van der Waals surface area contributed by atoms with Crippen LogP contribution in [0.4, 0.5) is 8.78 Å². The van der Waals surface area contributed by atoms with Gasteiger partial charge >= 0.3 is 0 Å². The van der Waals surface area contributed by atoms with Gasteiger partial charge in [-0.3, -0.25) is 0 Å². The van der Waals surface area contributed by atoms with Gasteiger partial charge in [0.15, 0.2) is 0 Å². The van der Waals surface area contributed by atoms with E-state index in [4.69, 9.17) is 0 Å². The van der Waals surface area contributed by atoms with Gasteiger partial charge in [-0.15, -0.1) is 0 Å². The van der Waals surface area contributed by atoms with Crippen molar-refractivity contribution in [1.29, 1.82) is 0 Å². The molecule has 0 fully saturated rings. The SMILES string of the molecule is Cc1cc(F)ccc1S(=O)(=O)NCCSCc1ccccc1F. The molecule has 0 aliphatic rings. The second kappa shape index (κ2) is 7.90. The Morgan fingerprint density at radius 3 is 2.57 bits per heavy atom. The van der Waals surface area contributed by atoms with E-state index in [9.17, 15) is 17.2 Å². The largest absolute Gasteiger partial charge is 0.240 e. The lowest BCUT2D eigenvalue weighted by molar-refractivity contribution is 0.582. The third kappa shape index (κ3) is 5.02. The number of sulfonamides is 1. The molecule has 2 aromatic rings. The van der Waals surface area contributed by atoms with Crippen LogP contribution in [-0.2, 0) is 15.8 Å². The molecule has 0 aromatic heterocycles. The van der Waals surface area contributed by atoms with Crippen LogP contribution in [-0.4, -0.2) is 20.7 Å².